The Hall–Kier alpha value is -0.300. The highest BCUT2D eigenvalue weighted by atomic mass is 127. The first-order valence-corrected chi connectivity index (χ1v) is 11.8. The van der Waals surface area contributed by atoms with Gasteiger partial charge in [-0.3, -0.25) is 4.99 Å². The van der Waals surface area contributed by atoms with Crippen molar-refractivity contribution in [1.82, 2.24) is 14.9 Å². The molecule has 3 atom stereocenters. The number of halogens is 4. The summed E-state index contributed by atoms with van der Waals surface area (Å²) in [5.41, 5.74) is -5.23. The van der Waals surface area contributed by atoms with Gasteiger partial charge in [0.15, 0.2) is 5.96 Å². The van der Waals surface area contributed by atoms with Crippen LogP contribution in [0.25, 0.3) is 0 Å². The van der Waals surface area contributed by atoms with E-state index in [0.717, 1.165) is 30.7 Å². The van der Waals surface area contributed by atoms with Crippen molar-refractivity contribution < 1.29 is 21.6 Å². The van der Waals surface area contributed by atoms with E-state index in [1.165, 1.54) is 25.7 Å². The van der Waals surface area contributed by atoms with Crippen LogP contribution in [0.2, 0.25) is 0 Å². The van der Waals surface area contributed by atoms with E-state index in [2.05, 4.69) is 15.6 Å². The first kappa shape index (κ1) is 25.0. The molecular formula is C18H32F3IN4O2S. The fourth-order valence-electron chi connectivity index (χ4n) is 4.97. The van der Waals surface area contributed by atoms with E-state index in [0.29, 0.717) is 29.7 Å². The molecule has 3 aliphatic rings. The number of rotatable bonds is 6. The normalized spacial score (nSPS) is 29.0. The lowest BCUT2D eigenvalue weighted by molar-refractivity contribution is -0.0494. The van der Waals surface area contributed by atoms with Crippen LogP contribution < -0.4 is 10.6 Å². The van der Waals surface area contributed by atoms with Gasteiger partial charge in [-0.15, -0.1) is 24.0 Å². The fraction of sp³-hybridized carbons (Fsp3) is 0.944. The molecule has 2 N–H and O–H groups in total. The molecule has 0 amide bonds. The minimum absolute atomic E-state index is 0. The predicted octanol–water partition coefficient (Wildman–Crippen LogP) is 3.30. The Morgan fingerprint density at radius 2 is 1.83 bits per heavy atom. The number of hydrogen-bond donors (Lipinski definition) is 2. The van der Waals surface area contributed by atoms with Crippen molar-refractivity contribution in [3.8, 4) is 0 Å². The lowest BCUT2D eigenvalue weighted by atomic mass is 9.86. The number of fused-ring (bicyclic) bond motifs is 2. The molecule has 29 heavy (non-hydrogen) atoms. The minimum atomic E-state index is -5.23. The Labute approximate surface area is 188 Å². The molecule has 0 radical (unpaired) electrons. The van der Waals surface area contributed by atoms with Crippen LogP contribution in [-0.4, -0.2) is 56.4 Å². The van der Waals surface area contributed by atoms with Crippen LogP contribution in [0.3, 0.4) is 0 Å². The van der Waals surface area contributed by atoms with Gasteiger partial charge < -0.3 is 10.6 Å². The molecule has 0 aromatic heterocycles. The second kappa shape index (κ2) is 10.3. The fourth-order valence-corrected chi connectivity index (χ4v) is 5.96. The number of alkyl halides is 3. The molecule has 0 aromatic rings. The number of nitrogens with zero attached hydrogens (tertiary/aromatic N) is 2. The first-order chi connectivity index (χ1) is 13.2. The summed E-state index contributed by atoms with van der Waals surface area (Å²) in [5.74, 6) is 3.24. The molecule has 3 unspecified atom stereocenters. The van der Waals surface area contributed by atoms with Crippen molar-refractivity contribution in [1.29, 1.82) is 0 Å². The van der Waals surface area contributed by atoms with Gasteiger partial charge in [-0.1, -0.05) is 6.42 Å². The Balaban J connectivity index is 0.00000300. The summed E-state index contributed by atoms with van der Waals surface area (Å²) in [6.45, 7) is 3.13. The summed E-state index contributed by atoms with van der Waals surface area (Å²) < 4.78 is 61.6. The molecule has 2 bridgehead atoms. The molecule has 0 spiro atoms. The van der Waals surface area contributed by atoms with Crippen LogP contribution in [-0.2, 0) is 10.0 Å². The number of guanidine groups is 1. The molecule has 2 aliphatic carbocycles. The summed E-state index contributed by atoms with van der Waals surface area (Å²) in [6, 6.07) is -0.0834. The zero-order chi connectivity index (χ0) is 20.4. The van der Waals surface area contributed by atoms with E-state index in [1.807, 2.05) is 6.92 Å². The Morgan fingerprint density at radius 3 is 2.34 bits per heavy atom. The summed E-state index contributed by atoms with van der Waals surface area (Å²) in [7, 11) is -5.23. The minimum Gasteiger partial charge on any atom is -0.357 e. The lowest BCUT2D eigenvalue weighted by Crippen LogP contribution is -2.51. The van der Waals surface area contributed by atoms with Gasteiger partial charge in [0.2, 0.25) is 0 Å². The van der Waals surface area contributed by atoms with E-state index in [-0.39, 0.29) is 43.1 Å². The van der Waals surface area contributed by atoms with Crippen molar-refractivity contribution in [2.45, 2.75) is 63.4 Å². The maximum Gasteiger partial charge on any atom is 0.511 e. The number of aliphatic imine (C=N–C) groups is 1. The van der Waals surface area contributed by atoms with Gasteiger partial charge >= 0.3 is 15.5 Å². The second-order valence-corrected chi connectivity index (χ2v) is 10.2. The third kappa shape index (κ3) is 6.11. The van der Waals surface area contributed by atoms with E-state index >= 15 is 0 Å². The van der Waals surface area contributed by atoms with Crippen LogP contribution in [0.15, 0.2) is 4.99 Å². The monoisotopic (exact) mass is 552 g/mol. The second-order valence-electron chi connectivity index (χ2n) is 8.25. The van der Waals surface area contributed by atoms with E-state index in [4.69, 9.17) is 0 Å². The van der Waals surface area contributed by atoms with Gasteiger partial charge in [0, 0.05) is 32.2 Å². The highest BCUT2D eigenvalue weighted by Gasteiger charge is 2.50. The predicted molar refractivity (Wildman–Crippen MR) is 118 cm³/mol. The molecule has 1 saturated heterocycles. The number of piperidine rings is 1. The van der Waals surface area contributed by atoms with Crippen molar-refractivity contribution in [3.05, 3.63) is 0 Å². The Bertz CT molecular complexity index is 667. The van der Waals surface area contributed by atoms with E-state index in [1.54, 1.807) is 0 Å². The molecule has 11 heteroatoms. The van der Waals surface area contributed by atoms with Crippen molar-refractivity contribution in [2.75, 3.05) is 26.2 Å². The molecule has 6 nitrogen and oxygen atoms in total. The summed E-state index contributed by atoms with van der Waals surface area (Å²) in [4.78, 5) is 4.64. The first-order valence-electron chi connectivity index (χ1n) is 10.3. The Kier molecular flexibility index (Phi) is 8.90. The molecule has 3 rings (SSSR count). The van der Waals surface area contributed by atoms with Crippen molar-refractivity contribution in [2.24, 2.45) is 22.7 Å². The number of nitrogens with one attached hydrogen (secondary N) is 2. The highest BCUT2D eigenvalue weighted by molar-refractivity contribution is 14.0. The molecule has 2 saturated carbocycles. The average molecular weight is 552 g/mol. The molecule has 3 fully saturated rings. The summed E-state index contributed by atoms with van der Waals surface area (Å²) >= 11 is 0. The largest absolute Gasteiger partial charge is 0.511 e. The van der Waals surface area contributed by atoms with Crippen molar-refractivity contribution in [3.63, 3.8) is 0 Å². The quantitative estimate of drug-likeness (QED) is 0.302. The summed E-state index contributed by atoms with van der Waals surface area (Å²) in [6.07, 6.45) is 7.19. The third-order valence-corrected chi connectivity index (χ3v) is 8.06. The molecule has 0 aromatic carbocycles. The topological polar surface area (TPSA) is 73.8 Å². The van der Waals surface area contributed by atoms with Gasteiger partial charge in [-0.25, -0.2) is 8.42 Å². The number of sulfonamides is 1. The summed E-state index contributed by atoms with van der Waals surface area (Å²) in [5, 5.41) is 6.45. The maximum atomic E-state index is 12.7. The van der Waals surface area contributed by atoms with E-state index in [9.17, 15) is 21.6 Å². The smallest absolute Gasteiger partial charge is 0.357 e. The third-order valence-electron chi connectivity index (χ3n) is 6.43. The van der Waals surface area contributed by atoms with Crippen LogP contribution in [0.4, 0.5) is 13.2 Å². The molecule has 170 valence electrons. The molecule has 1 aliphatic heterocycles. The van der Waals surface area contributed by atoms with Crippen LogP contribution >= 0.6 is 24.0 Å². The van der Waals surface area contributed by atoms with Gasteiger partial charge in [-0.05, 0) is 63.2 Å². The van der Waals surface area contributed by atoms with Gasteiger partial charge in [0.25, 0.3) is 0 Å². The lowest BCUT2D eigenvalue weighted by Gasteiger charge is -2.32. The van der Waals surface area contributed by atoms with Crippen molar-refractivity contribution >= 4 is 40.0 Å². The number of hydrogen-bond acceptors (Lipinski definition) is 3. The standard InChI is InChI=1S/C18H31F3N4O2S.HI/c1-2-22-17(23-8-5-15-12-13-3-4-14(15)11-13)24-16-6-9-25(10-7-16)28(26,27)18(19,20)21;/h13-16H,2-12H2,1H3,(H2,22,23,24);1H. The molecular weight excluding hydrogens is 520 g/mol. The van der Waals surface area contributed by atoms with Gasteiger partial charge in [-0.2, -0.15) is 17.5 Å². The van der Waals surface area contributed by atoms with Crippen LogP contribution in [0.1, 0.15) is 51.9 Å². The SMILES string of the molecule is CCNC(=NCCC1CC2CCC1C2)NC1CCN(S(=O)(=O)C(F)(F)F)CC1.I. The Morgan fingerprint density at radius 1 is 1.14 bits per heavy atom. The van der Waals surface area contributed by atoms with Gasteiger partial charge in [0.05, 0.1) is 0 Å². The van der Waals surface area contributed by atoms with Gasteiger partial charge in [0.1, 0.15) is 0 Å². The highest BCUT2D eigenvalue weighted by Crippen LogP contribution is 2.49. The zero-order valence-electron chi connectivity index (χ0n) is 16.7. The average Bonchev–Trinajstić information content (AvgIpc) is 3.24. The van der Waals surface area contributed by atoms with Crippen LogP contribution in [0, 0.1) is 17.8 Å². The van der Waals surface area contributed by atoms with E-state index < -0.39 is 15.5 Å². The maximum absolute atomic E-state index is 12.7. The van der Waals surface area contributed by atoms with Crippen LogP contribution in [0.5, 0.6) is 0 Å². The zero-order valence-corrected chi connectivity index (χ0v) is 19.9. The molecule has 1 heterocycles.